The Labute approximate surface area is 128 Å². The number of hydrogen-bond donors (Lipinski definition) is 5. The van der Waals surface area contributed by atoms with Gasteiger partial charge >= 0.3 is 5.97 Å². The smallest absolute Gasteiger partial charge is 0.326 e. The van der Waals surface area contributed by atoms with Gasteiger partial charge in [0.15, 0.2) is 0 Å². The lowest BCUT2D eigenvalue weighted by Gasteiger charge is -2.22. The molecule has 0 aliphatic heterocycles. The fourth-order valence-corrected chi connectivity index (χ4v) is 1.68. The first-order valence-electron chi connectivity index (χ1n) is 6.92. The Morgan fingerprint density at radius 1 is 1.00 bits per heavy atom. The Balaban J connectivity index is 4.96. The summed E-state index contributed by atoms with van der Waals surface area (Å²) in [5.74, 6) is -3.40. The van der Waals surface area contributed by atoms with E-state index in [0.29, 0.717) is 0 Å². The molecule has 0 fully saturated rings. The maximum Gasteiger partial charge on any atom is 0.326 e. The first kappa shape index (κ1) is 19.8. The molecule has 0 saturated carbocycles. The molecule has 0 aliphatic carbocycles. The van der Waals surface area contributed by atoms with Crippen molar-refractivity contribution in [2.24, 2.45) is 17.4 Å². The van der Waals surface area contributed by atoms with Gasteiger partial charge in [0.25, 0.3) is 0 Å². The lowest BCUT2D eigenvalue weighted by molar-refractivity contribution is -0.142. The highest BCUT2D eigenvalue weighted by Crippen LogP contribution is 2.06. The van der Waals surface area contributed by atoms with Gasteiger partial charge in [0.1, 0.15) is 12.1 Å². The van der Waals surface area contributed by atoms with E-state index < -0.39 is 48.2 Å². The molecule has 3 atom stereocenters. The number of carbonyl (C=O) groups is 4. The molecule has 0 aromatic rings. The van der Waals surface area contributed by atoms with Crippen molar-refractivity contribution in [2.75, 3.05) is 0 Å². The number of hydrogen-bond acceptors (Lipinski definition) is 5. The fourth-order valence-electron chi connectivity index (χ4n) is 1.68. The number of primary amides is 1. The molecule has 9 nitrogen and oxygen atoms in total. The first-order valence-corrected chi connectivity index (χ1v) is 6.92. The monoisotopic (exact) mass is 316 g/mol. The van der Waals surface area contributed by atoms with Crippen LogP contribution in [-0.4, -0.2) is 46.9 Å². The topological polar surface area (TPSA) is 165 Å². The number of aliphatic carboxylic acids is 1. The maximum absolute atomic E-state index is 12.1. The number of nitrogens with one attached hydrogen (secondary N) is 2. The molecule has 0 aromatic heterocycles. The van der Waals surface area contributed by atoms with Crippen LogP contribution >= 0.6 is 0 Å². The predicted molar refractivity (Wildman–Crippen MR) is 78.4 cm³/mol. The van der Waals surface area contributed by atoms with Gasteiger partial charge in [-0.25, -0.2) is 4.79 Å². The van der Waals surface area contributed by atoms with Crippen molar-refractivity contribution in [1.82, 2.24) is 10.6 Å². The summed E-state index contributed by atoms with van der Waals surface area (Å²) in [6.07, 6.45) is -0.232. The van der Waals surface area contributed by atoms with E-state index in [1.54, 1.807) is 13.8 Å². The zero-order chi connectivity index (χ0) is 17.4. The second kappa shape index (κ2) is 8.98. The van der Waals surface area contributed by atoms with Crippen molar-refractivity contribution in [1.29, 1.82) is 0 Å². The van der Waals surface area contributed by atoms with Crippen molar-refractivity contribution in [2.45, 2.75) is 51.7 Å². The molecule has 3 amide bonds. The number of carboxylic acids is 1. The summed E-state index contributed by atoms with van der Waals surface area (Å²) in [6, 6.07) is -3.26. The van der Waals surface area contributed by atoms with Crippen molar-refractivity contribution in [3.8, 4) is 0 Å². The summed E-state index contributed by atoms with van der Waals surface area (Å²) in [4.78, 5) is 45.8. The Bertz CT molecular complexity index is 436. The second-order valence-electron chi connectivity index (χ2n) is 5.55. The van der Waals surface area contributed by atoms with E-state index in [0.717, 1.165) is 0 Å². The van der Waals surface area contributed by atoms with Crippen LogP contribution in [0.3, 0.4) is 0 Å². The molecule has 7 N–H and O–H groups in total. The van der Waals surface area contributed by atoms with Crippen LogP contribution in [0.25, 0.3) is 0 Å². The second-order valence-corrected chi connectivity index (χ2v) is 5.55. The van der Waals surface area contributed by atoms with Gasteiger partial charge in [-0.2, -0.15) is 0 Å². The normalized spacial score (nSPS) is 14.8. The standard InChI is InChI=1S/C13H24N4O5/c1-6(2)4-9(13(21)22)17-12(20)8(5-10(15)18)16-11(19)7(3)14/h6-9H,4-5,14H2,1-3H3,(H2,15,18)(H,16,19)(H,17,20)(H,21,22)/t7-,8-,9-/m0/s1. The molecule has 0 saturated heterocycles. The summed E-state index contributed by atoms with van der Waals surface area (Å²) >= 11 is 0. The minimum absolute atomic E-state index is 0.0367. The lowest BCUT2D eigenvalue weighted by Crippen LogP contribution is -2.55. The molecule has 0 spiro atoms. The summed E-state index contributed by atoms with van der Waals surface area (Å²) in [5, 5.41) is 13.7. The first-order chi connectivity index (χ1) is 10.0. The Kier molecular flexibility index (Phi) is 8.10. The number of nitrogens with two attached hydrogens (primary N) is 2. The van der Waals surface area contributed by atoms with Gasteiger partial charge < -0.3 is 27.2 Å². The van der Waals surface area contributed by atoms with E-state index in [-0.39, 0.29) is 12.3 Å². The summed E-state index contributed by atoms with van der Waals surface area (Å²) in [7, 11) is 0. The van der Waals surface area contributed by atoms with E-state index in [9.17, 15) is 19.2 Å². The van der Waals surface area contributed by atoms with E-state index in [1.165, 1.54) is 6.92 Å². The molecule has 0 bridgehead atoms. The predicted octanol–water partition coefficient (Wildman–Crippen LogP) is -1.69. The van der Waals surface area contributed by atoms with Crippen molar-refractivity contribution >= 4 is 23.7 Å². The van der Waals surface area contributed by atoms with E-state index in [4.69, 9.17) is 16.6 Å². The van der Waals surface area contributed by atoms with Crippen LogP contribution in [0.4, 0.5) is 0 Å². The highest BCUT2D eigenvalue weighted by atomic mass is 16.4. The van der Waals surface area contributed by atoms with Crippen LogP contribution < -0.4 is 22.1 Å². The zero-order valence-electron chi connectivity index (χ0n) is 13.0. The highest BCUT2D eigenvalue weighted by Gasteiger charge is 2.28. The van der Waals surface area contributed by atoms with Gasteiger partial charge in [0.2, 0.25) is 17.7 Å². The number of carbonyl (C=O) groups excluding carboxylic acids is 3. The molecule has 0 aliphatic rings. The summed E-state index contributed by atoms with van der Waals surface area (Å²) in [5.41, 5.74) is 10.4. The average Bonchev–Trinajstić information content (AvgIpc) is 2.35. The molecule has 0 rings (SSSR count). The van der Waals surface area contributed by atoms with E-state index in [2.05, 4.69) is 10.6 Å². The van der Waals surface area contributed by atoms with Gasteiger partial charge in [-0.05, 0) is 19.3 Å². The molecular weight excluding hydrogens is 292 g/mol. The highest BCUT2D eigenvalue weighted by molar-refractivity contribution is 5.94. The van der Waals surface area contributed by atoms with Crippen molar-refractivity contribution < 1.29 is 24.3 Å². The van der Waals surface area contributed by atoms with Crippen LogP contribution in [0.15, 0.2) is 0 Å². The Morgan fingerprint density at radius 2 is 1.50 bits per heavy atom. The Hall–Kier alpha value is -2.16. The van der Waals surface area contributed by atoms with Crippen LogP contribution in [0.5, 0.6) is 0 Å². The molecular formula is C13H24N4O5. The quantitative estimate of drug-likeness (QED) is 0.340. The summed E-state index contributed by atoms with van der Waals surface area (Å²) in [6.45, 7) is 5.02. The van der Waals surface area contributed by atoms with Crippen molar-refractivity contribution in [3.05, 3.63) is 0 Å². The number of carboxylic acid groups (broad SMARTS) is 1. The molecule has 126 valence electrons. The van der Waals surface area contributed by atoms with Crippen LogP contribution in [0, 0.1) is 5.92 Å². The SMILES string of the molecule is CC(C)C[C@H](NC(=O)[C@H](CC(N)=O)NC(=O)[C@H](C)N)C(=O)O. The van der Waals surface area contributed by atoms with E-state index >= 15 is 0 Å². The van der Waals surface area contributed by atoms with Gasteiger partial charge in [-0.15, -0.1) is 0 Å². The third kappa shape index (κ3) is 7.58. The van der Waals surface area contributed by atoms with Crippen LogP contribution in [0.2, 0.25) is 0 Å². The third-order valence-corrected chi connectivity index (χ3v) is 2.77. The van der Waals surface area contributed by atoms with Gasteiger partial charge in [-0.1, -0.05) is 13.8 Å². The zero-order valence-corrected chi connectivity index (χ0v) is 13.0. The van der Waals surface area contributed by atoms with Gasteiger partial charge in [0.05, 0.1) is 12.5 Å². The summed E-state index contributed by atoms with van der Waals surface area (Å²) < 4.78 is 0. The minimum Gasteiger partial charge on any atom is -0.480 e. The largest absolute Gasteiger partial charge is 0.480 e. The van der Waals surface area contributed by atoms with Crippen molar-refractivity contribution in [3.63, 3.8) is 0 Å². The van der Waals surface area contributed by atoms with E-state index in [1.807, 2.05) is 0 Å². The molecule has 0 aromatic carbocycles. The Morgan fingerprint density at radius 3 is 1.86 bits per heavy atom. The molecule has 9 heteroatoms. The van der Waals surface area contributed by atoms with Crippen LogP contribution in [-0.2, 0) is 19.2 Å². The average molecular weight is 316 g/mol. The van der Waals surface area contributed by atoms with Gasteiger partial charge in [0, 0.05) is 0 Å². The molecule has 22 heavy (non-hydrogen) atoms. The molecule has 0 heterocycles. The fraction of sp³-hybridized carbons (Fsp3) is 0.692. The molecule has 0 unspecified atom stereocenters. The molecule has 0 radical (unpaired) electrons. The number of amides is 3. The lowest BCUT2D eigenvalue weighted by atomic mass is 10.0. The third-order valence-electron chi connectivity index (χ3n) is 2.77. The maximum atomic E-state index is 12.1. The minimum atomic E-state index is -1.26. The van der Waals surface area contributed by atoms with Gasteiger partial charge in [-0.3, -0.25) is 14.4 Å². The van der Waals surface area contributed by atoms with Crippen LogP contribution in [0.1, 0.15) is 33.6 Å². The number of rotatable bonds is 9.